The van der Waals surface area contributed by atoms with Gasteiger partial charge in [-0.15, -0.1) is 6.58 Å². The van der Waals surface area contributed by atoms with Gasteiger partial charge in [-0.1, -0.05) is 17.7 Å². The van der Waals surface area contributed by atoms with Crippen molar-refractivity contribution in [2.24, 2.45) is 0 Å². The van der Waals surface area contributed by atoms with E-state index in [4.69, 9.17) is 11.6 Å². The van der Waals surface area contributed by atoms with E-state index < -0.39 is 5.91 Å². The number of hydrogen-bond acceptors (Lipinski definition) is 2. The van der Waals surface area contributed by atoms with Gasteiger partial charge in [-0.2, -0.15) is 0 Å². The number of aromatic nitrogens is 1. The van der Waals surface area contributed by atoms with Crippen molar-refractivity contribution in [2.75, 3.05) is 0 Å². The second kappa shape index (κ2) is 6.14. The first-order valence-electron chi connectivity index (χ1n) is 6.74. The van der Waals surface area contributed by atoms with Crippen LogP contribution in [0, 0.1) is 0 Å². The summed E-state index contributed by atoms with van der Waals surface area (Å²) < 4.78 is 1.86. The number of halogens is 1. The molecule has 110 valence electrons. The Hall–Kier alpha value is -2.07. The van der Waals surface area contributed by atoms with Gasteiger partial charge in [0.2, 0.25) is 5.43 Å². The molecule has 0 aliphatic heterocycles. The monoisotopic (exact) mass is 304 g/mol. The fraction of sp³-hybridized carbons (Fsp3) is 0.250. The average Bonchev–Trinajstić information content (AvgIpc) is 2.47. The van der Waals surface area contributed by atoms with E-state index >= 15 is 0 Å². The average molecular weight is 305 g/mol. The van der Waals surface area contributed by atoms with Gasteiger partial charge in [0, 0.05) is 29.2 Å². The van der Waals surface area contributed by atoms with Crippen LogP contribution in [-0.2, 0) is 6.54 Å². The summed E-state index contributed by atoms with van der Waals surface area (Å²) in [6, 6.07) is 4.91. The molecule has 2 rings (SSSR count). The molecule has 4 nitrogen and oxygen atoms in total. The molecule has 0 bridgehead atoms. The molecule has 0 radical (unpaired) electrons. The number of fused-ring (bicyclic) bond motifs is 1. The van der Waals surface area contributed by atoms with Gasteiger partial charge in [0.15, 0.2) is 0 Å². The van der Waals surface area contributed by atoms with Crippen molar-refractivity contribution in [1.29, 1.82) is 0 Å². The van der Waals surface area contributed by atoms with Crippen LogP contribution >= 0.6 is 11.6 Å². The van der Waals surface area contributed by atoms with E-state index in [2.05, 4.69) is 11.9 Å². The maximum absolute atomic E-state index is 12.5. The van der Waals surface area contributed by atoms with Crippen molar-refractivity contribution < 1.29 is 4.79 Å². The first-order valence-corrected chi connectivity index (χ1v) is 7.11. The predicted octanol–water partition coefficient (Wildman–Crippen LogP) is 2.98. The third-order valence-electron chi connectivity index (χ3n) is 3.34. The topological polar surface area (TPSA) is 51.1 Å². The van der Waals surface area contributed by atoms with Crippen molar-refractivity contribution in [3.8, 4) is 0 Å². The Morgan fingerprint density at radius 1 is 1.52 bits per heavy atom. The smallest absolute Gasteiger partial charge is 0.257 e. The fourth-order valence-corrected chi connectivity index (χ4v) is 2.31. The number of aryl methyl sites for hydroxylation is 1. The first-order chi connectivity index (χ1) is 9.97. The minimum atomic E-state index is -0.406. The van der Waals surface area contributed by atoms with Crippen LogP contribution in [0.25, 0.3) is 10.9 Å². The number of nitrogens with one attached hydrogen (secondary N) is 1. The number of benzene rings is 1. The van der Waals surface area contributed by atoms with E-state index in [1.807, 2.05) is 11.5 Å². The van der Waals surface area contributed by atoms with Crippen molar-refractivity contribution in [3.63, 3.8) is 0 Å². The Morgan fingerprint density at radius 3 is 2.86 bits per heavy atom. The normalized spacial score (nSPS) is 12.1. The highest BCUT2D eigenvalue weighted by molar-refractivity contribution is 6.31. The zero-order chi connectivity index (χ0) is 15.6. The molecule has 0 saturated carbocycles. The van der Waals surface area contributed by atoms with Crippen LogP contribution in [0.4, 0.5) is 0 Å². The summed E-state index contributed by atoms with van der Waals surface area (Å²) in [4.78, 5) is 24.7. The van der Waals surface area contributed by atoms with Gasteiger partial charge in [-0.05, 0) is 32.0 Å². The molecule has 1 N–H and O–H groups in total. The molecule has 1 amide bonds. The first kappa shape index (κ1) is 15.3. The number of carbonyl (C=O) groups is 1. The molecule has 0 saturated heterocycles. The Bertz CT molecular complexity index is 765. The number of amides is 1. The summed E-state index contributed by atoms with van der Waals surface area (Å²) >= 11 is 5.96. The van der Waals surface area contributed by atoms with Crippen LogP contribution < -0.4 is 10.7 Å². The number of rotatable bonds is 4. The highest BCUT2D eigenvalue weighted by atomic mass is 35.5. The maximum atomic E-state index is 12.5. The molecule has 0 spiro atoms. The second-order valence-electron chi connectivity index (χ2n) is 4.82. The Morgan fingerprint density at radius 2 is 2.24 bits per heavy atom. The standard InChI is InChI=1S/C16H17ClN2O2/c1-4-10(3)18-16(21)13-9-19(5-2)14-7-6-11(17)8-12(14)15(13)20/h4,6-10H,1,5H2,2-3H3,(H,18,21). The minimum absolute atomic E-state index is 0.111. The molecule has 1 atom stereocenters. The summed E-state index contributed by atoms with van der Waals surface area (Å²) in [6.45, 7) is 8.00. The summed E-state index contributed by atoms with van der Waals surface area (Å²) in [5.74, 6) is -0.406. The van der Waals surface area contributed by atoms with Crippen molar-refractivity contribution in [3.05, 3.63) is 57.9 Å². The second-order valence-corrected chi connectivity index (χ2v) is 5.25. The van der Waals surface area contributed by atoms with Gasteiger partial charge in [-0.3, -0.25) is 9.59 Å². The van der Waals surface area contributed by atoms with Crippen molar-refractivity contribution >= 4 is 28.4 Å². The Kier molecular flexibility index (Phi) is 4.48. The largest absolute Gasteiger partial charge is 0.347 e. The molecule has 0 fully saturated rings. The molecule has 1 aromatic heterocycles. The third-order valence-corrected chi connectivity index (χ3v) is 3.57. The highest BCUT2D eigenvalue weighted by Crippen LogP contribution is 2.17. The summed E-state index contributed by atoms with van der Waals surface area (Å²) in [7, 11) is 0. The quantitative estimate of drug-likeness (QED) is 0.883. The predicted molar refractivity (Wildman–Crippen MR) is 86.0 cm³/mol. The zero-order valence-electron chi connectivity index (χ0n) is 12.0. The van der Waals surface area contributed by atoms with Crippen LogP contribution in [0.1, 0.15) is 24.2 Å². The molecular formula is C16H17ClN2O2. The summed E-state index contributed by atoms with van der Waals surface area (Å²) in [5, 5.41) is 3.63. The molecule has 0 aliphatic carbocycles. The lowest BCUT2D eigenvalue weighted by molar-refractivity contribution is 0.0945. The molecular weight excluding hydrogens is 288 g/mol. The number of pyridine rings is 1. The molecule has 1 heterocycles. The van der Waals surface area contributed by atoms with E-state index in [1.165, 1.54) is 0 Å². The summed E-state index contributed by atoms with van der Waals surface area (Å²) in [6.07, 6.45) is 3.19. The Balaban J connectivity index is 2.65. The van der Waals surface area contributed by atoms with E-state index in [0.717, 1.165) is 5.52 Å². The summed E-state index contributed by atoms with van der Waals surface area (Å²) in [5.41, 5.74) is 0.562. The van der Waals surface area contributed by atoms with E-state index in [0.29, 0.717) is 17.0 Å². The maximum Gasteiger partial charge on any atom is 0.257 e. The van der Waals surface area contributed by atoms with Gasteiger partial charge >= 0.3 is 0 Å². The van der Waals surface area contributed by atoms with Crippen LogP contribution in [0.2, 0.25) is 5.02 Å². The zero-order valence-corrected chi connectivity index (χ0v) is 12.8. The SMILES string of the molecule is C=CC(C)NC(=O)c1cn(CC)c2ccc(Cl)cc2c1=O. The van der Waals surface area contributed by atoms with Crippen LogP contribution in [-0.4, -0.2) is 16.5 Å². The number of nitrogens with zero attached hydrogens (tertiary/aromatic N) is 1. The highest BCUT2D eigenvalue weighted by Gasteiger charge is 2.16. The molecule has 1 aromatic carbocycles. The van der Waals surface area contributed by atoms with Gasteiger partial charge < -0.3 is 9.88 Å². The van der Waals surface area contributed by atoms with Gasteiger partial charge in [0.25, 0.3) is 5.91 Å². The van der Waals surface area contributed by atoms with Gasteiger partial charge in [-0.25, -0.2) is 0 Å². The lowest BCUT2D eigenvalue weighted by Crippen LogP contribution is -2.34. The fourth-order valence-electron chi connectivity index (χ4n) is 2.14. The van der Waals surface area contributed by atoms with E-state index in [9.17, 15) is 9.59 Å². The van der Waals surface area contributed by atoms with Crippen LogP contribution in [0.15, 0.2) is 41.8 Å². The third kappa shape index (κ3) is 3.00. The molecule has 5 heteroatoms. The number of carbonyl (C=O) groups excluding carboxylic acids is 1. The minimum Gasteiger partial charge on any atom is -0.347 e. The van der Waals surface area contributed by atoms with Gasteiger partial charge in [0.05, 0.1) is 5.52 Å². The lowest BCUT2D eigenvalue weighted by Gasteiger charge is -2.13. The van der Waals surface area contributed by atoms with Crippen LogP contribution in [0.5, 0.6) is 0 Å². The molecule has 1 unspecified atom stereocenters. The molecule has 0 aliphatic rings. The lowest BCUT2D eigenvalue weighted by atomic mass is 10.1. The molecule has 2 aromatic rings. The van der Waals surface area contributed by atoms with Crippen molar-refractivity contribution in [1.82, 2.24) is 9.88 Å². The van der Waals surface area contributed by atoms with Gasteiger partial charge in [0.1, 0.15) is 5.56 Å². The number of hydrogen-bond donors (Lipinski definition) is 1. The van der Waals surface area contributed by atoms with Crippen LogP contribution in [0.3, 0.4) is 0 Å². The van der Waals surface area contributed by atoms with E-state index in [-0.39, 0.29) is 17.0 Å². The van der Waals surface area contributed by atoms with E-state index in [1.54, 1.807) is 37.4 Å². The van der Waals surface area contributed by atoms with Crippen molar-refractivity contribution in [2.45, 2.75) is 26.4 Å². The Labute approximate surface area is 128 Å². The molecule has 21 heavy (non-hydrogen) atoms.